The van der Waals surface area contributed by atoms with Gasteiger partial charge in [-0.15, -0.1) is 0 Å². The lowest BCUT2D eigenvalue weighted by molar-refractivity contribution is 0.0751. The van der Waals surface area contributed by atoms with E-state index in [-0.39, 0.29) is 5.91 Å². The highest BCUT2D eigenvalue weighted by Gasteiger charge is 2.24. The number of hydrogen-bond acceptors (Lipinski definition) is 2. The van der Waals surface area contributed by atoms with Crippen LogP contribution in [0.25, 0.3) is 22.2 Å². The smallest absolute Gasteiger partial charge is 0.254 e. The molecule has 1 heterocycles. The van der Waals surface area contributed by atoms with E-state index < -0.39 is 0 Å². The third-order valence-corrected chi connectivity index (χ3v) is 6.43. The molecular formula is C27H32Cl2N2O. The summed E-state index contributed by atoms with van der Waals surface area (Å²) in [6.07, 6.45) is 6.55. The number of unbranched alkanes of at least 4 members (excludes halogenated alkanes) is 4. The van der Waals surface area contributed by atoms with Gasteiger partial charge in [0.2, 0.25) is 0 Å². The Bertz CT molecular complexity index is 1070. The Balaban J connectivity index is 2.12. The maximum absolute atomic E-state index is 13.9. The van der Waals surface area contributed by atoms with Gasteiger partial charge in [-0.2, -0.15) is 0 Å². The summed E-state index contributed by atoms with van der Waals surface area (Å²) in [5.41, 5.74) is 3.90. The summed E-state index contributed by atoms with van der Waals surface area (Å²) in [6.45, 7) is 7.91. The molecule has 0 spiro atoms. The number of carbonyl (C=O) groups excluding carboxylic acids is 1. The van der Waals surface area contributed by atoms with E-state index in [2.05, 4.69) is 13.8 Å². The fraction of sp³-hybridized carbons (Fsp3) is 0.407. The Hall–Kier alpha value is -2.10. The van der Waals surface area contributed by atoms with Crippen molar-refractivity contribution < 1.29 is 4.79 Å². The molecule has 5 heteroatoms. The number of benzene rings is 2. The first kappa shape index (κ1) is 24.5. The van der Waals surface area contributed by atoms with Crippen LogP contribution in [0.15, 0.2) is 42.5 Å². The second-order valence-electron chi connectivity index (χ2n) is 8.31. The first-order valence-electron chi connectivity index (χ1n) is 11.6. The van der Waals surface area contributed by atoms with Crippen LogP contribution in [0.4, 0.5) is 0 Å². The maximum Gasteiger partial charge on any atom is 0.254 e. The molecule has 0 bridgehead atoms. The molecule has 0 saturated heterocycles. The lowest BCUT2D eigenvalue weighted by Crippen LogP contribution is -2.33. The summed E-state index contributed by atoms with van der Waals surface area (Å²) in [4.78, 5) is 20.9. The Morgan fingerprint density at radius 1 is 0.938 bits per heavy atom. The van der Waals surface area contributed by atoms with Crippen molar-refractivity contribution in [3.05, 3.63) is 63.6 Å². The van der Waals surface area contributed by atoms with E-state index in [9.17, 15) is 4.79 Å². The monoisotopic (exact) mass is 470 g/mol. The molecule has 3 rings (SSSR count). The highest BCUT2D eigenvalue weighted by Crippen LogP contribution is 2.35. The van der Waals surface area contributed by atoms with E-state index in [1.165, 1.54) is 0 Å². The first-order chi connectivity index (χ1) is 15.5. The van der Waals surface area contributed by atoms with Crippen LogP contribution in [0.3, 0.4) is 0 Å². The molecule has 0 aliphatic rings. The third kappa shape index (κ3) is 5.63. The quantitative estimate of drug-likeness (QED) is 0.279. The van der Waals surface area contributed by atoms with Gasteiger partial charge in [0.1, 0.15) is 0 Å². The fourth-order valence-corrected chi connectivity index (χ4v) is 4.60. The lowest BCUT2D eigenvalue weighted by Gasteiger charge is -2.25. The fourth-order valence-electron chi connectivity index (χ4n) is 4.10. The van der Waals surface area contributed by atoms with Crippen molar-refractivity contribution in [1.82, 2.24) is 9.88 Å². The van der Waals surface area contributed by atoms with Crippen molar-refractivity contribution in [2.75, 3.05) is 13.1 Å². The summed E-state index contributed by atoms with van der Waals surface area (Å²) in [6, 6.07) is 13.3. The number of rotatable bonds is 10. The van der Waals surface area contributed by atoms with E-state index in [0.29, 0.717) is 10.0 Å². The molecule has 1 aromatic heterocycles. The average molecular weight is 471 g/mol. The van der Waals surface area contributed by atoms with Crippen LogP contribution in [-0.2, 0) is 0 Å². The van der Waals surface area contributed by atoms with Gasteiger partial charge in [-0.3, -0.25) is 4.79 Å². The predicted octanol–water partition coefficient (Wildman–Crippen LogP) is 8.34. The Labute approximate surface area is 201 Å². The van der Waals surface area contributed by atoms with Gasteiger partial charge in [-0.25, -0.2) is 4.98 Å². The van der Waals surface area contributed by atoms with Gasteiger partial charge < -0.3 is 4.90 Å². The molecule has 0 atom stereocenters. The molecule has 1 amide bonds. The van der Waals surface area contributed by atoms with Crippen LogP contribution >= 0.6 is 23.2 Å². The summed E-state index contributed by atoms with van der Waals surface area (Å²) >= 11 is 12.6. The van der Waals surface area contributed by atoms with Crippen molar-refractivity contribution in [3.8, 4) is 11.3 Å². The Morgan fingerprint density at radius 2 is 1.59 bits per heavy atom. The predicted molar refractivity (Wildman–Crippen MR) is 137 cm³/mol. The van der Waals surface area contributed by atoms with Crippen LogP contribution in [-0.4, -0.2) is 28.9 Å². The normalized spacial score (nSPS) is 11.2. The molecule has 0 saturated carbocycles. The average Bonchev–Trinajstić information content (AvgIpc) is 2.78. The number of para-hydroxylation sites is 1. The second-order valence-corrected chi connectivity index (χ2v) is 9.15. The summed E-state index contributed by atoms with van der Waals surface area (Å²) in [7, 11) is 0. The van der Waals surface area contributed by atoms with Crippen molar-refractivity contribution in [2.45, 2.75) is 59.3 Å². The van der Waals surface area contributed by atoms with Gasteiger partial charge in [0.15, 0.2) is 0 Å². The molecule has 32 heavy (non-hydrogen) atoms. The molecular weight excluding hydrogens is 439 g/mol. The van der Waals surface area contributed by atoms with Gasteiger partial charge in [-0.05, 0) is 49.6 Å². The molecule has 0 aliphatic heterocycles. The molecule has 0 unspecified atom stereocenters. The van der Waals surface area contributed by atoms with Gasteiger partial charge in [-0.1, -0.05) is 80.9 Å². The van der Waals surface area contributed by atoms with E-state index >= 15 is 0 Å². The van der Waals surface area contributed by atoms with Crippen LogP contribution < -0.4 is 0 Å². The zero-order valence-electron chi connectivity index (χ0n) is 19.3. The van der Waals surface area contributed by atoms with E-state index in [4.69, 9.17) is 28.2 Å². The highest BCUT2D eigenvalue weighted by molar-refractivity contribution is 6.36. The number of halogens is 2. The number of carbonyl (C=O) groups is 1. The zero-order valence-corrected chi connectivity index (χ0v) is 20.8. The molecule has 0 radical (unpaired) electrons. The van der Waals surface area contributed by atoms with Crippen LogP contribution in [0.5, 0.6) is 0 Å². The molecule has 0 aliphatic carbocycles. The summed E-state index contributed by atoms with van der Waals surface area (Å²) < 4.78 is 0. The van der Waals surface area contributed by atoms with Gasteiger partial charge in [0.25, 0.3) is 5.91 Å². The topological polar surface area (TPSA) is 33.2 Å². The highest BCUT2D eigenvalue weighted by atomic mass is 35.5. The van der Waals surface area contributed by atoms with Crippen LogP contribution in [0.1, 0.15) is 68.3 Å². The molecule has 3 nitrogen and oxygen atoms in total. The van der Waals surface area contributed by atoms with Gasteiger partial charge in [0, 0.05) is 29.1 Å². The number of nitrogens with zero attached hydrogens (tertiary/aromatic N) is 2. The second kappa shape index (κ2) is 11.7. The standard InChI is InChI=1S/C27H32Cl2N2O/c1-4-6-10-16-31(17-11-7-5-2)27(32)25-19(3)26(21-15-14-20(28)18-23(21)29)30-24-13-9-8-12-22(24)25/h8-9,12-15,18H,4-7,10-11,16-17H2,1-3H3. The van der Waals surface area contributed by atoms with Crippen molar-refractivity contribution in [1.29, 1.82) is 0 Å². The lowest BCUT2D eigenvalue weighted by atomic mass is 9.96. The number of amides is 1. The van der Waals surface area contributed by atoms with Crippen LogP contribution in [0.2, 0.25) is 10.0 Å². The van der Waals surface area contributed by atoms with E-state index in [0.717, 1.165) is 84.9 Å². The van der Waals surface area contributed by atoms with Gasteiger partial charge in [0.05, 0.1) is 21.8 Å². The number of hydrogen-bond donors (Lipinski definition) is 0. The molecule has 0 fully saturated rings. The number of pyridine rings is 1. The first-order valence-corrected chi connectivity index (χ1v) is 12.4. The Morgan fingerprint density at radius 3 is 2.22 bits per heavy atom. The minimum Gasteiger partial charge on any atom is -0.339 e. The minimum atomic E-state index is 0.0830. The molecule has 170 valence electrons. The van der Waals surface area contributed by atoms with E-state index in [1.807, 2.05) is 48.2 Å². The van der Waals surface area contributed by atoms with Gasteiger partial charge >= 0.3 is 0 Å². The molecule has 3 aromatic rings. The minimum absolute atomic E-state index is 0.0830. The third-order valence-electron chi connectivity index (χ3n) is 5.89. The van der Waals surface area contributed by atoms with Crippen molar-refractivity contribution >= 4 is 40.0 Å². The number of aromatic nitrogens is 1. The van der Waals surface area contributed by atoms with Crippen molar-refractivity contribution in [3.63, 3.8) is 0 Å². The van der Waals surface area contributed by atoms with Crippen LogP contribution in [0, 0.1) is 6.92 Å². The Kier molecular flexibility index (Phi) is 8.95. The molecule has 0 N–H and O–H groups in total. The maximum atomic E-state index is 13.9. The largest absolute Gasteiger partial charge is 0.339 e. The van der Waals surface area contributed by atoms with Crippen molar-refractivity contribution in [2.24, 2.45) is 0 Å². The summed E-state index contributed by atoms with van der Waals surface area (Å²) in [5, 5.41) is 2.00. The molecule has 2 aromatic carbocycles. The van der Waals surface area contributed by atoms with E-state index in [1.54, 1.807) is 6.07 Å². The summed E-state index contributed by atoms with van der Waals surface area (Å²) in [5.74, 6) is 0.0830. The SMILES string of the molecule is CCCCCN(CCCCC)C(=O)c1c(C)c(-c2ccc(Cl)cc2Cl)nc2ccccc12. The number of fused-ring (bicyclic) bond motifs is 1. The zero-order chi connectivity index (χ0) is 23.1.